The number of hydrogen-bond donors (Lipinski definition) is 2. The van der Waals surface area contributed by atoms with Crippen LogP contribution < -0.4 is 5.32 Å². The molecule has 29 heavy (non-hydrogen) atoms. The van der Waals surface area contributed by atoms with Crippen LogP contribution in [0, 0.1) is 4.77 Å². The highest BCUT2D eigenvalue weighted by Crippen LogP contribution is 2.43. The van der Waals surface area contributed by atoms with Gasteiger partial charge < -0.3 is 5.32 Å². The first-order valence-electron chi connectivity index (χ1n) is 9.50. The number of carbonyl (C=O) groups is 1. The molecule has 10 heteroatoms. The third-order valence-corrected chi connectivity index (χ3v) is 6.08. The Balaban J connectivity index is 1.42. The molecule has 2 heterocycles. The van der Waals surface area contributed by atoms with Crippen LogP contribution in [0.3, 0.4) is 0 Å². The van der Waals surface area contributed by atoms with Gasteiger partial charge in [-0.1, -0.05) is 23.2 Å². The average molecular weight is 449 g/mol. The fourth-order valence-corrected chi connectivity index (χ4v) is 4.34. The summed E-state index contributed by atoms with van der Waals surface area (Å²) in [4.78, 5) is 13.0. The lowest BCUT2D eigenvalue weighted by atomic mass is 10.1. The highest BCUT2D eigenvalue weighted by Gasteiger charge is 2.33. The summed E-state index contributed by atoms with van der Waals surface area (Å²) >= 11 is 17.7. The lowest BCUT2D eigenvalue weighted by molar-refractivity contribution is 0.0948. The minimum atomic E-state index is -0.181. The molecular weight excluding hydrogens is 431 g/mol. The summed E-state index contributed by atoms with van der Waals surface area (Å²) in [5, 5.41) is 15.6. The molecule has 2 N–H and O–H groups in total. The van der Waals surface area contributed by atoms with Crippen LogP contribution in [-0.2, 0) is 6.54 Å². The normalized spacial score (nSPS) is 16.2. The van der Waals surface area contributed by atoms with E-state index in [1.54, 1.807) is 23.0 Å². The third kappa shape index (κ3) is 3.60. The summed E-state index contributed by atoms with van der Waals surface area (Å²) in [5.41, 5.74) is 2.16. The number of aromatic amines is 1. The van der Waals surface area contributed by atoms with Crippen molar-refractivity contribution in [3.05, 3.63) is 56.3 Å². The topological polar surface area (TPSA) is 80.5 Å². The van der Waals surface area contributed by atoms with Gasteiger partial charge in [-0.15, -0.1) is 0 Å². The molecule has 1 aromatic carbocycles. The predicted octanol–water partition coefficient (Wildman–Crippen LogP) is 4.58. The van der Waals surface area contributed by atoms with Crippen LogP contribution in [0.25, 0.3) is 5.69 Å². The third-order valence-electron chi connectivity index (χ3n) is 5.25. The maximum Gasteiger partial charge on any atom is 0.255 e. The van der Waals surface area contributed by atoms with Crippen molar-refractivity contribution in [1.29, 1.82) is 0 Å². The number of benzene rings is 1. The summed E-state index contributed by atoms with van der Waals surface area (Å²) in [5.74, 6) is 0.859. The van der Waals surface area contributed by atoms with E-state index in [0.29, 0.717) is 44.6 Å². The molecule has 0 saturated heterocycles. The lowest BCUT2D eigenvalue weighted by Crippen LogP contribution is -2.25. The molecule has 0 spiro atoms. The second-order valence-corrected chi connectivity index (χ2v) is 8.68. The molecule has 0 atom stereocenters. The molecule has 1 amide bonds. The number of rotatable bonds is 6. The second-order valence-electron chi connectivity index (χ2n) is 7.45. The van der Waals surface area contributed by atoms with Gasteiger partial charge in [0.2, 0.25) is 0 Å². The van der Waals surface area contributed by atoms with Crippen molar-refractivity contribution in [2.45, 2.75) is 44.2 Å². The monoisotopic (exact) mass is 448 g/mol. The molecule has 0 radical (unpaired) electrons. The van der Waals surface area contributed by atoms with Crippen molar-refractivity contribution in [2.24, 2.45) is 0 Å². The van der Waals surface area contributed by atoms with E-state index >= 15 is 0 Å². The Morgan fingerprint density at radius 2 is 2.07 bits per heavy atom. The molecule has 3 aromatic rings. The molecule has 2 aliphatic carbocycles. The Morgan fingerprint density at radius 3 is 2.76 bits per heavy atom. The highest BCUT2D eigenvalue weighted by atomic mass is 35.5. The van der Waals surface area contributed by atoms with E-state index in [-0.39, 0.29) is 5.91 Å². The number of carbonyl (C=O) groups excluding carboxylic acids is 1. The SMILES string of the molecule is O=C(NCc1n[nH]c(=S)n1C1CC1)c1cnn(-c2ccc(Cl)cc2Cl)c1C1CC1. The zero-order valence-corrected chi connectivity index (χ0v) is 17.7. The van der Waals surface area contributed by atoms with Gasteiger partial charge in [0.1, 0.15) is 0 Å². The number of nitrogens with one attached hydrogen (secondary N) is 2. The summed E-state index contributed by atoms with van der Waals surface area (Å²) in [6, 6.07) is 5.65. The van der Waals surface area contributed by atoms with Crippen LogP contribution in [-0.4, -0.2) is 30.5 Å². The number of amides is 1. The van der Waals surface area contributed by atoms with Crippen molar-refractivity contribution >= 4 is 41.3 Å². The highest BCUT2D eigenvalue weighted by molar-refractivity contribution is 7.71. The van der Waals surface area contributed by atoms with Gasteiger partial charge in [0.15, 0.2) is 10.6 Å². The maximum absolute atomic E-state index is 13.0. The van der Waals surface area contributed by atoms with Crippen LogP contribution >= 0.6 is 35.4 Å². The standard InChI is InChI=1S/C19H18Cl2N6OS/c20-11-3-6-15(14(21)7-11)27-17(10-1-2-10)13(8-23-27)18(28)22-9-16-24-25-19(29)26(16)12-4-5-12/h3,6-8,10,12H,1-2,4-5,9H2,(H,22,28)(H,25,29). The molecule has 2 saturated carbocycles. The Bertz CT molecular complexity index is 1160. The first kappa shape index (κ1) is 18.8. The Kier molecular flexibility index (Phi) is 4.72. The van der Waals surface area contributed by atoms with Crippen molar-refractivity contribution in [1.82, 2.24) is 29.9 Å². The van der Waals surface area contributed by atoms with E-state index in [0.717, 1.165) is 37.2 Å². The molecule has 2 aliphatic rings. The molecule has 0 bridgehead atoms. The van der Waals surface area contributed by atoms with Crippen molar-refractivity contribution in [3.63, 3.8) is 0 Å². The van der Waals surface area contributed by atoms with Crippen LogP contribution in [0.1, 0.15) is 59.5 Å². The van der Waals surface area contributed by atoms with Crippen LogP contribution in [0.15, 0.2) is 24.4 Å². The van der Waals surface area contributed by atoms with E-state index in [2.05, 4.69) is 20.6 Å². The van der Waals surface area contributed by atoms with Crippen LogP contribution in [0.5, 0.6) is 0 Å². The van der Waals surface area contributed by atoms with Gasteiger partial charge in [-0.3, -0.25) is 14.5 Å². The smallest absolute Gasteiger partial charge is 0.255 e. The number of halogens is 2. The van der Waals surface area contributed by atoms with Gasteiger partial charge in [-0.05, 0) is 56.1 Å². The van der Waals surface area contributed by atoms with E-state index in [9.17, 15) is 4.79 Å². The first-order valence-corrected chi connectivity index (χ1v) is 10.7. The molecular formula is C19H18Cl2N6OS. The van der Waals surface area contributed by atoms with Gasteiger partial charge >= 0.3 is 0 Å². The molecule has 7 nitrogen and oxygen atoms in total. The summed E-state index contributed by atoms with van der Waals surface area (Å²) in [7, 11) is 0. The zero-order valence-electron chi connectivity index (χ0n) is 15.4. The van der Waals surface area contributed by atoms with E-state index in [1.807, 2.05) is 10.6 Å². The van der Waals surface area contributed by atoms with E-state index < -0.39 is 0 Å². The van der Waals surface area contributed by atoms with E-state index in [4.69, 9.17) is 35.4 Å². The largest absolute Gasteiger partial charge is 0.345 e. The molecule has 2 fully saturated rings. The number of H-pyrrole nitrogens is 1. The van der Waals surface area contributed by atoms with E-state index in [1.165, 1.54) is 0 Å². The Labute approximate surface area is 182 Å². The number of hydrogen-bond acceptors (Lipinski definition) is 4. The molecule has 2 aromatic heterocycles. The molecule has 0 unspecified atom stereocenters. The van der Waals surface area contributed by atoms with Gasteiger partial charge in [0.05, 0.1) is 34.7 Å². The summed E-state index contributed by atoms with van der Waals surface area (Å²) in [6.07, 6.45) is 5.84. The van der Waals surface area contributed by atoms with Crippen LogP contribution in [0.2, 0.25) is 10.0 Å². The Hall–Kier alpha value is -2.16. The lowest BCUT2D eigenvalue weighted by Gasteiger charge is -2.11. The molecule has 0 aliphatic heterocycles. The van der Waals surface area contributed by atoms with Crippen LogP contribution in [0.4, 0.5) is 0 Å². The van der Waals surface area contributed by atoms with Crippen molar-refractivity contribution < 1.29 is 4.79 Å². The fourth-order valence-electron chi connectivity index (χ4n) is 3.55. The van der Waals surface area contributed by atoms with Gasteiger partial charge in [-0.2, -0.15) is 10.2 Å². The minimum Gasteiger partial charge on any atom is -0.345 e. The Morgan fingerprint density at radius 1 is 1.28 bits per heavy atom. The van der Waals surface area contributed by atoms with Gasteiger partial charge in [0.25, 0.3) is 5.91 Å². The quantitative estimate of drug-likeness (QED) is 0.540. The maximum atomic E-state index is 13.0. The average Bonchev–Trinajstić information content (AvgIpc) is 3.62. The summed E-state index contributed by atoms with van der Waals surface area (Å²) < 4.78 is 4.35. The summed E-state index contributed by atoms with van der Waals surface area (Å²) in [6.45, 7) is 0.305. The zero-order chi connectivity index (χ0) is 20.1. The predicted molar refractivity (Wildman–Crippen MR) is 112 cm³/mol. The molecule has 5 rings (SSSR count). The fraction of sp³-hybridized carbons (Fsp3) is 0.368. The minimum absolute atomic E-state index is 0.181. The van der Waals surface area contributed by atoms with Crippen molar-refractivity contribution in [2.75, 3.05) is 0 Å². The van der Waals surface area contributed by atoms with Gasteiger partial charge in [-0.25, -0.2) is 4.68 Å². The second kappa shape index (κ2) is 7.27. The number of nitrogens with zero attached hydrogens (tertiary/aromatic N) is 4. The number of aromatic nitrogens is 5. The molecule has 150 valence electrons. The van der Waals surface area contributed by atoms with Crippen molar-refractivity contribution in [3.8, 4) is 5.69 Å². The first-order chi connectivity index (χ1) is 14.0. The van der Waals surface area contributed by atoms with Gasteiger partial charge in [0, 0.05) is 17.0 Å².